The first-order chi connectivity index (χ1) is 9.46. The van der Waals surface area contributed by atoms with Gasteiger partial charge in [-0.2, -0.15) is 0 Å². The topological polar surface area (TPSA) is 44.5 Å². The molecular weight excluding hydrogens is 266 g/mol. The second kappa shape index (κ2) is 8.32. The summed E-state index contributed by atoms with van der Waals surface area (Å²) in [7, 11) is 1.17. The molecule has 0 radical (unpaired) electrons. The molecule has 0 heterocycles. The van der Waals surface area contributed by atoms with Crippen LogP contribution in [0.15, 0.2) is 18.2 Å². The Morgan fingerprint density at radius 1 is 1.20 bits per heavy atom. The van der Waals surface area contributed by atoms with Crippen molar-refractivity contribution in [3.8, 4) is 11.5 Å². The molecule has 20 heavy (non-hydrogen) atoms. The number of hydrogen-bond acceptors (Lipinski definition) is 3. The van der Waals surface area contributed by atoms with Crippen molar-refractivity contribution < 1.29 is 9.16 Å². The summed E-state index contributed by atoms with van der Waals surface area (Å²) in [6, 6.07) is 7.34. The Bertz CT molecular complexity index is 402. The van der Waals surface area contributed by atoms with E-state index >= 15 is 0 Å². The summed E-state index contributed by atoms with van der Waals surface area (Å²) in [5, 5.41) is 0. The highest BCUT2D eigenvalue weighted by Crippen LogP contribution is 2.28. The van der Waals surface area contributed by atoms with Gasteiger partial charge in [0.25, 0.3) is 0 Å². The van der Waals surface area contributed by atoms with Crippen molar-refractivity contribution in [1.29, 1.82) is 0 Å². The highest BCUT2D eigenvalue weighted by atomic mass is 28.2. The summed E-state index contributed by atoms with van der Waals surface area (Å²) in [4.78, 5) is 0. The van der Waals surface area contributed by atoms with E-state index < -0.39 is 9.76 Å². The summed E-state index contributed by atoms with van der Waals surface area (Å²) >= 11 is 0. The molecule has 114 valence electrons. The minimum absolute atomic E-state index is 0.427. The van der Waals surface area contributed by atoms with E-state index in [1.807, 2.05) is 12.1 Å². The number of ether oxygens (including phenoxy) is 1. The van der Waals surface area contributed by atoms with Crippen LogP contribution in [-0.2, 0) is 6.42 Å². The third-order valence-electron chi connectivity index (χ3n) is 3.24. The predicted octanol–water partition coefficient (Wildman–Crippen LogP) is 2.90. The summed E-state index contributed by atoms with van der Waals surface area (Å²) in [6.45, 7) is 7.52. The number of hydrogen-bond donors (Lipinski definition) is 1. The molecule has 4 heteroatoms. The normalized spacial score (nSPS) is 12.1. The fraction of sp³-hybridized carbons (Fsp3) is 0.625. The lowest BCUT2D eigenvalue weighted by Crippen LogP contribution is -2.08. The Balaban J connectivity index is 2.43. The SMILES string of the molecule is COc1cc(CCN)ccc1O[SiH2]CCCC(C)(C)C. The molecule has 0 aliphatic carbocycles. The fourth-order valence-corrected chi connectivity index (χ4v) is 3.15. The molecule has 0 aromatic heterocycles. The number of methoxy groups -OCH3 is 1. The van der Waals surface area contributed by atoms with Crippen molar-refractivity contribution in [2.24, 2.45) is 11.1 Å². The Hall–Kier alpha value is -1.00. The van der Waals surface area contributed by atoms with E-state index in [0.717, 1.165) is 17.9 Å². The van der Waals surface area contributed by atoms with Gasteiger partial charge in [0.15, 0.2) is 5.75 Å². The molecule has 3 nitrogen and oxygen atoms in total. The van der Waals surface area contributed by atoms with Crippen molar-refractivity contribution in [2.75, 3.05) is 13.7 Å². The first-order valence-electron chi connectivity index (χ1n) is 7.46. The van der Waals surface area contributed by atoms with E-state index in [1.54, 1.807) is 7.11 Å². The minimum Gasteiger partial charge on any atom is -0.547 e. The maximum absolute atomic E-state index is 5.96. The van der Waals surface area contributed by atoms with Crippen LogP contribution in [0.2, 0.25) is 6.04 Å². The predicted molar refractivity (Wildman–Crippen MR) is 88.4 cm³/mol. The second-order valence-corrected chi connectivity index (χ2v) is 7.79. The monoisotopic (exact) mass is 295 g/mol. The smallest absolute Gasteiger partial charge is 0.219 e. The molecule has 0 aliphatic rings. The van der Waals surface area contributed by atoms with Gasteiger partial charge in [-0.1, -0.05) is 33.3 Å². The van der Waals surface area contributed by atoms with Crippen LogP contribution < -0.4 is 14.9 Å². The molecule has 1 rings (SSSR count). The molecule has 2 N–H and O–H groups in total. The largest absolute Gasteiger partial charge is 0.547 e. The lowest BCUT2D eigenvalue weighted by atomic mass is 9.91. The Kier molecular flexibility index (Phi) is 7.09. The van der Waals surface area contributed by atoms with E-state index in [9.17, 15) is 0 Å². The zero-order chi connectivity index (χ0) is 15.0. The van der Waals surface area contributed by atoms with E-state index in [2.05, 4.69) is 26.8 Å². The standard InChI is InChI=1S/C16H29NO2Si/c1-16(2,3)9-5-11-20-19-14-7-6-13(8-10-17)12-15(14)18-4/h6-7,12H,5,8-11,17,20H2,1-4H3. The molecule has 0 aliphatic heterocycles. The van der Waals surface area contributed by atoms with Gasteiger partial charge in [-0.15, -0.1) is 0 Å². The zero-order valence-corrected chi connectivity index (χ0v) is 14.8. The molecule has 0 unspecified atom stereocenters. The quantitative estimate of drug-likeness (QED) is 0.592. The average Bonchev–Trinajstić information content (AvgIpc) is 2.38. The summed E-state index contributed by atoms with van der Waals surface area (Å²) in [5.41, 5.74) is 7.20. The molecule has 0 saturated carbocycles. The molecule has 0 saturated heterocycles. The van der Waals surface area contributed by atoms with Gasteiger partial charge in [0.1, 0.15) is 5.75 Å². The lowest BCUT2D eigenvalue weighted by molar-refractivity contribution is 0.370. The van der Waals surface area contributed by atoms with Gasteiger partial charge in [-0.05, 0) is 48.5 Å². The van der Waals surface area contributed by atoms with Gasteiger partial charge in [0, 0.05) is 0 Å². The lowest BCUT2D eigenvalue weighted by Gasteiger charge is -2.17. The van der Waals surface area contributed by atoms with Crippen molar-refractivity contribution >= 4 is 9.76 Å². The highest BCUT2D eigenvalue weighted by Gasteiger charge is 2.10. The van der Waals surface area contributed by atoms with Crippen LogP contribution in [0, 0.1) is 5.41 Å². The fourth-order valence-electron chi connectivity index (χ4n) is 2.09. The molecule has 0 spiro atoms. The van der Waals surface area contributed by atoms with E-state index in [0.29, 0.717) is 12.0 Å². The van der Waals surface area contributed by atoms with Crippen LogP contribution in [0.4, 0.5) is 0 Å². The maximum atomic E-state index is 5.96. The first-order valence-corrected chi connectivity index (χ1v) is 9.04. The summed E-state index contributed by atoms with van der Waals surface area (Å²) < 4.78 is 11.4. The number of benzene rings is 1. The van der Waals surface area contributed by atoms with E-state index in [-0.39, 0.29) is 0 Å². The van der Waals surface area contributed by atoms with Crippen molar-refractivity contribution in [1.82, 2.24) is 0 Å². The van der Waals surface area contributed by atoms with E-state index in [4.69, 9.17) is 14.9 Å². The first kappa shape index (κ1) is 17.0. The average molecular weight is 295 g/mol. The molecule has 1 aromatic rings. The molecule has 0 atom stereocenters. The van der Waals surface area contributed by atoms with Gasteiger partial charge in [0.05, 0.1) is 7.11 Å². The van der Waals surface area contributed by atoms with Crippen LogP contribution in [-0.4, -0.2) is 23.4 Å². The third kappa shape index (κ3) is 6.44. The van der Waals surface area contributed by atoms with E-state index in [1.165, 1.54) is 24.4 Å². The van der Waals surface area contributed by atoms with Crippen LogP contribution in [0.5, 0.6) is 11.5 Å². The molecule has 1 aromatic carbocycles. The maximum Gasteiger partial charge on any atom is 0.219 e. The van der Waals surface area contributed by atoms with Crippen LogP contribution in [0.3, 0.4) is 0 Å². The van der Waals surface area contributed by atoms with Crippen LogP contribution in [0.1, 0.15) is 39.2 Å². The van der Waals surface area contributed by atoms with Gasteiger partial charge < -0.3 is 14.9 Å². The van der Waals surface area contributed by atoms with Gasteiger partial charge in [-0.3, -0.25) is 0 Å². The minimum atomic E-state index is -0.515. The summed E-state index contributed by atoms with van der Waals surface area (Å²) in [6.07, 6.45) is 3.39. The van der Waals surface area contributed by atoms with Crippen molar-refractivity contribution in [2.45, 2.75) is 46.1 Å². The van der Waals surface area contributed by atoms with Crippen molar-refractivity contribution in [3.05, 3.63) is 23.8 Å². The zero-order valence-electron chi connectivity index (χ0n) is 13.4. The Morgan fingerprint density at radius 2 is 1.95 bits per heavy atom. The Labute approximate surface area is 125 Å². The van der Waals surface area contributed by atoms with Crippen LogP contribution >= 0.6 is 0 Å². The number of rotatable bonds is 8. The van der Waals surface area contributed by atoms with Gasteiger partial charge >= 0.3 is 0 Å². The highest BCUT2D eigenvalue weighted by molar-refractivity contribution is 6.28. The Morgan fingerprint density at radius 3 is 2.55 bits per heavy atom. The van der Waals surface area contributed by atoms with Gasteiger partial charge in [-0.25, -0.2) is 0 Å². The second-order valence-electron chi connectivity index (χ2n) is 6.39. The molecule has 0 bridgehead atoms. The third-order valence-corrected chi connectivity index (χ3v) is 4.54. The van der Waals surface area contributed by atoms with Gasteiger partial charge in [0.2, 0.25) is 9.76 Å². The van der Waals surface area contributed by atoms with Crippen molar-refractivity contribution in [3.63, 3.8) is 0 Å². The molecule has 0 amide bonds. The summed E-state index contributed by atoms with van der Waals surface area (Å²) in [5.74, 6) is 1.72. The molecule has 0 fully saturated rings. The molecular formula is C16H29NO2Si. The number of nitrogens with two attached hydrogens (primary N) is 1. The van der Waals surface area contributed by atoms with Crippen LogP contribution in [0.25, 0.3) is 0 Å².